The Bertz CT molecular complexity index is 1300. The van der Waals surface area contributed by atoms with Crippen LogP contribution >= 0.6 is 11.3 Å². The number of aryl methyl sites for hydroxylation is 1. The van der Waals surface area contributed by atoms with Crippen LogP contribution in [0.25, 0.3) is 10.2 Å². The van der Waals surface area contributed by atoms with Crippen LogP contribution in [0.1, 0.15) is 43.2 Å². The molecule has 1 aliphatic heterocycles. The molecule has 2 aliphatic rings. The van der Waals surface area contributed by atoms with Crippen molar-refractivity contribution < 1.29 is 4.79 Å². The highest BCUT2D eigenvalue weighted by Gasteiger charge is 2.38. The van der Waals surface area contributed by atoms with E-state index in [2.05, 4.69) is 42.8 Å². The first-order chi connectivity index (χ1) is 14.8. The Kier molecular flexibility index (Phi) is 4.66. The predicted octanol–water partition coefficient (Wildman–Crippen LogP) is 4.46. The number of thiophene rings is 1. The van der Waals surface area contributed by atoms with Gasteiger partial charge in [0, 0.05) is 34.8 Å². The Morgan fingerprint density at radius 3 is 2.87 bits per heavy atom. The van der Waals surface area contributed by atoms with Gasteiger partial charge in [-0.1, -0.05) is 39.0 Å². The van der Waals surface area contributed by atoms with Gasteiger partial charge in [0.1, 0.15) is 4.83 Å². The van der Waals surface area contributed by atoms with Crippen LogP contribution in [0.15, 0.2) is 47.2 Å². The number of hydrogen-bond donors (Lipinski definition) is 0. The number of ketones is 1. The molecule has 0 radical (unpaired) electrons. The quantitative estimate of drug-likeness (QED) is 0.572. The lowest BCUT2D eigenvalue weighted by Crippen LogP contribution is -2.27. The molecule has 0 saturated carbocycles. The lowest BCUT2D eigenvalue weighted by atomic mass is 9.83. The number of rotatable bonds is 3. The molecule has 1 atom stereocenters. The standard InChI is InChI=1S/C25H27N3O2S/c1-15-9-10-17-20(11-15)31-23-22(17)24(30)28(14-26-23)13-16(29)12-21-25(2,3)18-7-5-6-8-19(18)27(21)4/h5-8,12,14-15H,9-11,13H2,1-4H3/b21-12-. The average molecular weight is 434 g/mol. The van der Waals surface area contributed by atoms with E-state index < -0.39 is 0 Å². The van der Waals surface area contributed by atoms with Gasteiger partial charge in [-0.2, -0.15) is 0 Å². The summed E-state index contributed by atoms with van der Waals surface area (Å²) in [5.74, 6) is 0.551. The summed E-state index contributed by atoms with van der Waals surface area (Å²) in [6.45, 7) is 6.53. The SMILES string of the molecule is CC1CCc2c(sc3ncn(CC(=O)/C=C4\N(C)c5ccccc5C4(C)C)c(=O)c23)C1. The zero-order valence-electron chi connectivity index (χ0n) is 18.4. The molecule has 5 nitrogen and oxygen atoms in total. The number of anilines is 1. The number of carbonyl (C=O) groups is 1. The molecule has 160 valence electrons. The Morgan fingerprint density at radius 2 is 2.10 bits per heavy atom. The monoisotopic (exact) mass is 433 g/mol. The van der Waals surface area contributed by atoms with Crippen molar-refractivity contribution in [3.05, 3.63) is 68.7 Å². The van der Waals surface area contributed by atoms with E-state index in [-0.39, 0.29) is 23.3 Å². The molecule has 2 aromatic heterocycles. The van der Waals surface area contributed by atoms with Gasteiger partial charge in [0.2, 0.25) is 0 Å². The predicted molar refractivity (Wildman–Crippen MR) is 126 cm³/mol. The molecular weight excluding hydrogens is 406 g/mol. The van der Waals surface area contributed by atoms with Crippen molar-refractivity contribution in [3.63, 3.8) is 0 Å². The Hall–Kier alpha value is -2.73. The second-order valence-electron chi connectivity index (χ2n) is 9.41. The van der Waals surface area contributed by atoms with E-state index in [1.165, 1.54) is 21.3 Å². The first kappa shape index (κ1) is 20.2. The van der Waals surface area contributed by atoms with Crippen molar-refractivity contribution in [1.82, 2.24) is 9.55 Å². The largest absolute Gasteiger partial charge is 0.347 e. The van der Waals surface area contributed by atoms with Crippen LogP contribution in [0.5, 0.6) is 0 Å². The molecule has 0 saturated heterocycles. The van der Waals surface area contributed by atoms with Gasteiger partial charge >= 0.3 is 0 Å². The second-order valence-corrected chi connectivity index (χ2v) is 10.5. The number of fused-ring (bicyclic) bond motifs is 4. The Morgan fingerprint density at radius 1 is 1.32 bits per heavy atom. The zero-order chi connectivity index (χ0) is 21.9. The summed E-state index contributed by atoms with van der Waals surface area (Å²) in [5.41, 5.74) is 4.07. The minimum Gasteiger partial charge on any atom is -0.347 e. The third kappa shape index (κ3) is 3.16. The van der Waals surface area contributed by atoms with Gasteiger partial charge in [-0.15, -0.1) is 11.3 Å². The van der Waals surface area contributed by atoms with E-state index in [1.807, 2.05) is 19.2 Å². The van der Waals surface area contributed by atoms with Gasteiger partial charge < -0.3 is 4.90 Å². The molecule has 1 unspecified atom stereocenters. The molecule has 0 N–H and O–H groups in total. The highest BCUT2D eigenvalue weighted by atomic mass is 32.1. The maximum absolute atomic E-state index is 13.2. The van der Waals surface area contributed by atoms with Crippen LogP contribution in [0.3, 0.4) is 0 Å². The third-order valence-electron chi connectivity index (χ3n) is 6.85. The normalized spacial score (nSPS) is 20.8. The number of nitrogens with zero attached hydrogens (tertiary/aromatic N) is 3. The molecular formula is C25H27N3O2S. The molecule has 6 heteroatoms. The lowest BCUT2D eigenvalue weighted by molar-refractivity contribution is -0.115. The van der Waals surface area contributed by atoms with Crippen LogP contribution < -0.4 is 10.5 Å². The van der Waals surface area contributed by atoms with Crippen LogP contribution in [-0.2, 0) is 29.6 Å². The number of aromatic nitrogens is 2. The number of benzene rings is 1. The van der Waals surface area contributed by atoms with Crippen molar-refractivity contribution in [2.24, 2.45) is 5.92 Å². The molecule has 31 heavy (non-hydrogen) atoms. The minimum atomic E-state index is -0.267. The van der Waals surface area contributed by atoms with E-state index >= 15 is 0 Å². The third-order valence-corrected chi connectivity index (χ3v) is 8.01. The molecule has 0 spiro atoms. The van der Waals surface area contributed by atoms with Gasteiger partial charge in [0.05, 0.1) is 18.3 Å². The maximum Gasteiger partial charge on any atom is 0.262 e. The van der Waals surface area contributed by atoms with Crippen molar-refractivity contribution >= 4 is 33.0 Å². The average Bonchev–Trinajstić information content (AvgIpc) is 3.19. The van der Waals surface area contributed by atoms with Crippen LogP contribution in [0, 0.1) is 5.92 Å². The fourth-order valence-corrected chi connectivity index (χ4v) is 6.44. The van der Waals surface area contributed by atoms with Gasteiger partial charge in [-0.3, -0.25) is 14.2 Å². The zero-order valence-corrected chi connectivity index (χ0v) is 19.3. The van der Waals surface area contributed by atoms with Gasteiger partial charge in [0.25, 0.3) is 5.56 Å². The summed E-state index contributed by atoms with van der Waals surface area (Å²) in [6, 6.07) is 8.23. The smallest absolute Gasteiger partial charge is 0.262 e. The molecule has 0 bridgehead atoms. The van der Waals surface area contributed by atoms with Gasteiger partial charge in [-0.05, 0) is 42.4 Å². The number of hydrogen-bond acceptors (Lipinski definition) is 5. The highest BCUT2D eigenvalue weighted by Crippen LogP contribution is 2.46. The van der Waals surface area contributed by atoms with E-state index in [4.69, 9.17) is 0 Å². The maximum atomic E-state index is 13.2. The molecule has 5 rings (SSSR count). The first-order valence-corrected chi connectivity index (χ1v) is 11.7. The molecule has 3 aromatic rings. The summed E-state index contributed by atoms with van der Waals surface area (Å²) in [4.78, 5) is 35.0. The Labute approximate surface area is 186 Å². The second kappa shape index (κ2) is 7.16. The van der Waals surface area contributed by atoms with E-state index in [9.17, 15) is 9.59 Å². The number of para-hydroxylation sites is 1. The number of allylic oxidation sites excluding steroid dienone is 2. The summed E-state index contributed by atoms with van der Waals surface area (Å²) in [6.07, 6.45) is 6.27. The summed E-state index contributed by atoms with van der Waals surface area (Å²) >= 11 is 1.64. The van der Waals surface area contributed by atoms with Gasteiger partial charge in [0.15, 0.2) is 5.78 Å². The number of likely N-dealkylation sites (N-methyl/N-ethyl adjacent to an activating group) is 1. The van der Waals surface area contributed by atoms with E-state index in [0.717, 1.165) is 46.4 Å². The van der Waals surface area contributed by atoms with E-state index in [0.29, 0.717) is 5.92 Å². The van der Waals surface area contributed by atoms with Crippen LogP contribution in [0.4, 0.5) is 5.69 Å². The first-order valence-electron chi connectivity index (χ1n) is 10.8. The Balaban J connectivity index is 1.48. The lowest BCUT2D eigenvalue weighted by Gasteiger charge is -2.24. The molecule has 0 fully saturated rings. The molecule has 1 aliphatic carbocycles. The summed E-state index contributed by atoms with van der Waals surface area (Å²) in [7, 11) is 1.99. The molecule has 1 aromatic carbocycles. The molecule has 0 amide bonds. The summed E-state index contributed by atoms with van der Waals surface area (Å²) in [5, 5.41) is 0.723. The van der Waals surface area contributed by atoms with Crippen molar-refractivity contribution in [1.29, 1.82) is 0 Å². The minimum absolute atomic E-state index is 0.00651. The topological polar surface area (TPSA) is 55.2 Å². The van der Waals surface area contributed by atoms with Crippen molar-refractivity contribution in [2.45, 2.75) is 52.0 Å². The van der Waals surface area contributed by atoms with Crippen LogP contribution in [-0.4, -0.2) is 22.4 Å². The van der Waals surface area contributed by atoms with Crippen LogP contribution in [0.2, 0.25) is 0 Å². The summed E-state index contributed by atoms with van der Waals surface area (Å²) < 4.78 is 1.47. The van der Waals surface area contributed by atoms with E-state index in [1.54, 1.807) is 17.4 Å². The van der Waals surface area contributed by atoms with Gasteiger partial charge in [-0.25, -0.2) is 4.98 Å². The van der Waals surface area contributed by atoms with Crippen molar-refractivity contribution in [3.8, 4) is 0 Å². The number of carbonyl (C=O) groups excluding carboxylic acids is 1. The van der Waals surface area contributed by atoms with Crippen molar-refractivity contribution in [2.75, 3.05) is 11.9 Å². The fourth-order valence-electron chi connectivity index (χ4n) is 5.10. The molecule has 3 heterocycles. The fraction of sp³-hybridized carbons (Fsp3) is 0.400. The highest BCUT2D eigenvalue weighted by molar-refractivity contribution is 7.18.